The minimum atomic E-state index is 0. The van der Waals surface area contributed by atoms with E-state index in [1.165, 1.54) is 5.56 Å². The van der Waals surface area contributed by atoms with Crippen molar-refractivity contribution in [3.63, 3.8) is 0 Å². The highest BCUT2D eigenvalue weighted by molar-refractivity contribution is 14.0. The second kappa shape index (κ2) is 11.2. The topological polar surface area (TPSA) is 75.7 Å². The van der Waals surface area contributed by atoms with Gasteiger partial charge < -0.3 is 19.7 Å². The van der Waals surface area contributed by atoms with Crippen LogP contribution in [0.4, 0.5) is 5.95 Å². The molecule has 2 aromatic rings. The normalized spacial score (nSPS) is 14.8. The molecule has 1 aromatic heterocycles. The van der Waals surface area contributed by atoms with Crippen molar-refractivity contribution in [3.8, 4) is 6.07 Å². The van der Waals surface area contributed by atoms with Crippen LogP contribution in [0, 0.1) is 11.3 Å². The van der Waals surface area contributed by atoms with E-state index in [4.69, 9.17) is 5.26 Å². The van der Waals surface area contributed by atoms with Gasteiger partial charge in [-0.25, -0.2) is 4.98 Å². The van der Waals surface area contributed by atoms with Gasteiger partial charge in [-0.1, -0.05) is 12.1 Å². The van der Waals surface area contributed by atoms with Gasteiger partial charge in [-0.3, -0.25) is 9.89 Å². The maximum Gasteiger partial charge on any atom is 0.204 e. The van der Waals surface area contributed by atoms with Gasteiger partial charge in [0.2, 0.25) is 5.95 Å². The Kier molecular flexibility index (Phi) is 8.92. The van der Waals surface area contributed by atoms with Gasteiger partial charge in [0.05, 0.1) is 30.1 Å². The van der Waals surface area contributed by atoms with E-state index in [9.17, 15) is 0 Å². The zero-order valence-corrected chi connectivity index (χ0v) is 20.5. The highest BCUT2D eigenvalue weighted by Gasteiger charge is 2.20. The van der Waals surface area contributed by atoms with Gasteiger partial charge in [0.1, 0.15) is 0 Å². The fourth-order valence-corrected chi connectivity index (χ4v) is 3.58. The Bertz CT molecular complexity index is 873. The molecule has 8 nitrogen and oxygen atoms in total. The Labute approximate surface area is 196 Å². The van der Waals surface area contributed by atoms with E-state index in [1.807, 2.05) is 63.6 Å². The van der Waals surface area contributed by atoms with Crippen molar-refractivity contribution in [2.24, 2.45) is 12.0 Å². The van der Waals surface area contributed by atoms with Gasteiger partial charge in [-0.15, -0.1) is 24.0 Å². The molecule has 0 saturated carbocycles. The van der Waals surface area contributed by atoms with Crippen LogP contribution in [-0.2, 0) is 20.1 Å². The van der Waals surface area contributed by atoms with Crippen LogP contribution in [0.3, 0.4) is 0 Å². The van der Waals surface area contributed by atoms with Crippen molar-refractivity contribution in [1.82, 2.24) is 24.7 Å². The zero-order chi connectivity index (χ0) is 20.8. The first-order valence-corrected chi connectivity index (χ1v) is 9.86. The molecule has 1 N–H and O–H groups in total. The molecular weight excluding hydrogens is 491 g/mol. The number of nitriles is 1. The average molecular weight is 522 g/mol. The minimum Gasteiger partial charge on any atom is -0.351 e. The molecule has 1 aliphatic rings. The molecule has 1 saturated heterocycles. The molecular formula is C21H31IN8. The van der Waals surface area contributed by atoms with Crippen LogP contribution in [0.5, 0.6) is 0 Å². The summed E-state index contributed by atoms with van der Waals surface area (Å²) in [7, 11) is 7.86. The van der Waals surface area contributed by atoms with Crippen LogP contribution in [0.15, 0.2) is 35.5 Å². The third kappa shape index (κ3) is 5.86. The van der Waals surface area contributed by atoms with E-state index in [1.54, 1.807) is 0 Å². The second-order valence-electron chi connectivity index (χ2n) is 7.48. The number of piperazine rings is 1. The number of aromatic nitrogens is 2. The molecule has 0 bridgehead atoms. The molecule has 3 rings (SSSR count). The van der Waals surface area contributed by atoms with Gasteiger partial charge >= 0.3 is 0 Å². The minimum absolute atomic E-state index is 0. The van der Waals surface area contributed by atoms with Gasteiger partial charge in [-0.2, -0.15) is 5.26 Å². The molecule has 0 spiro atoms. The number of nitrogens with one attached hydrogen (secondary N) is 1. The smallest absolute Gasteiger partial charge is 0.204 e. The van der Waals surface area contributed by atoms with Crippen LogP contribution in [0.25, 0.3) is 0 Å². The monoisotopic (exact) mass is 522 g/mol. The van der Waals surface area contributed by atoms with Gasteiger partial charge in [-0.05, 0) is 17.7 Å². The Balaban J connectivity index is 0.00000320. The van der Waals surface area contributed by atoms with Crippen molar-refractivity contribution in [1.29, 1.82) is 5.26 Å². The van der Waals surface area contributed by atoms with Crippen LogP contribution in [0.1, 0.15) is 16.8 Å². The Morgan fingerprint density at radius 2 is 1.87 bits per heavy atom. The van der Waals surface area contributed by atoms with Crippen LogP contribution >= 0.6 is 24.0 Å². The molecule has 1 aromatic carbocycles. The summed E-state index contributed by atoms with van der Waals surface area (Å²) in [4.78, 5) is 15.7. The van der Waals surface area contributed by atoms with Crippen molar-refractivity contribution in [2.75, 3.05) is 52.2 Å². The van der Waals surface area contributed by atoms with Crippen LogP contribution in [-0.4, -0.2) is 72.6 Å². The molecule has 0 atom stereocenters. The fourth-order valence-electron chi connectivity index (χ4n) is 3.58. The lowest BCUT2D eigenvalue weighted by Gasteiger charge is -2.36. The number of anilines is 1. The van der Waals surface area contributed by atoms with Crippen LogP contribution < -0.4 is 10.2 Å². The number of aliphatic imine (C=N–C) groups is 1. The summed E-state index contributed by atoms with van der Waals surface area (Å²) >= 11 is 0. The zero-order valence-electron chi connectivity index (χ0n) is 18.2. The highest BCUT2D eigenvalue weighted by atomic mass is 127. The number of halogens is 1. The Morgan fingerprint density at radius 1 is 1.20 bits per heavy atom. The maximum atomic E-state index is 8.92. The Morgan fingerprint density at radius 3 is 2.40 bits per heavy atom. The molecule has 0 amide bonds. The average Bonchev–Trinajstić information content (AvgIpc) is 3.11. The highest BCUT2D eigenvalue weighted by Crippen LogP contribution is 2.12. The van der Waals surface area contributed by atoms with E-state index in [-0.39, 0.29) is 24.0 Å². The number of imidazole rings is 1. The van der Waals surface area contributed by atoms with E-state index in [0.29, 0.717) is 12.1 Å². The molecule has 0 aliphatic carbocycles. The van der Waals surface area contributed by atoms with Crippen LogP contribution in [0.2, 0.25) is 0 Å². The number of rotatable bonds is 5. The maximum absolute atomic E-state index is 8.92. The quantitative estimate of drug-likeness (QED) is 0.367. The molecule has 0 unspecified atom stereocenters. The molecule has 1 aliphatic heterocycles. The molecule has 30 heavy (non-hydrogen) atoms. The van der Waals surface area contributed by atoms with E-state index in [0.717, 1.165) is 50.3 Å². The number of benzene rings is 1. The van der Waals surface area contributed by atoms with E-state index in [2.05, 4.69) is 35.7 Å². The van der Waals surface area contributed by atoms with Gasteiger partial charge in [0, 0.05) is 60.9 Å². The third-order valence-corrected chi connectivity index (χ3v) is 5.26. The lowest BCUT2D eigenvalue weighted by Crippen LogP contribution is -2.52. The summed E-state index contributed by atoms with van der Waals surface area (Å²) in [6.45, 7) is 5.44. The molecule has 1 fully saturated rings. The first-order chi connectivity index (χ1) is 14.0. The number of guanidine groups is 1. The first-order valence-electron chi connectivity index (χ1n) is 9.86. The summed E-state index contributed by atoms with van der Waals surface area (Å²) in [5.74, 6) is 1.86. The van der Waals surface area contributed by atoms with Crippen molar-refractivity contribution < 1.29 is 0 Å². The number of hydrogen-bond acceptors (Lipinski definition) is 5. The molecule has 2 heterocycles. The molecule has 162 valence electrons. The third-order valence-electron chi connectivity index (χ3n) is 5.26. The molecule has 9 heteroatoms. The fraction of sp³-hybridized carbons (Fsp3) is 0.476. The van der Waals surface area contributed by atoms with Gasteiger partial charge in [0.15, 0.2) is 5.96 Å². The summed E-state index contributed by atoms with van der Waals surface area (Å²) in [5, 5.41) is 12.4. The number of nitrogens with zero attached hydrogens (tertiary/aromatic N) is 7. The summed E-state index contributed by atoms with van der Waals surface area (Å²) in [6, 6.07) is 10.0. The first kappa shape index (κ1) is 24.0. The predicted molar refractivity (Wildman–Crippen MR) is 131 cm³/mol. The number of hydrogen-bond donors (Lipinski definition) is 1. The summed E-state index contributed by atoms with van der Waals surface area (Å²) in [5.41, 5.74) is 3.07. The predicted octanol–water partition coefficient (Wildman–Crippen LogP) is 1.87. The molecule has 0 radical (unpaired) electrons. The Hall–Kier alpha value is -2.32. The van der Waals surface area contributed by atoms with Crippen molar-refractivity contribution in [2.45, 2.75) is 13.1 Å². The summed E-state index contributed by atoms with van der Waals surface area (Å²) < 4.78 is 2.09. The van der Waals surface area contributed by atoms with E-state index >= 15 is 0 Å². The van der Waals surface area contributed by atoms with Crippen molar-refractivity contribution >= 4 is 35.9 Å². The lowest BCUT2D eigenvalue weighted by atomic mass is 10.1. The van der Waals surface area contributed by atoms with Gasteiger partial charge in [0.25, 0.3) is 0 Å². The summed E-state index contributed by atoms with van der Waals surface area (Å²) in [6.07, 6.45) is 1.91. The second-order valence-corrected chi connectivity index (χ2v) is 7.48. The SMILES string of the molecule is CN=C(NCc1cnc(N(C)C)n1C)N1CCN(Cc2ccc(C#N)cc2)CC1.I. The standard InChI is InChI=1S/C21H30N8.HI/c1-23-20(24-14-19-15-25-21(26(2)3)27(19)4)29-11-9-28(10-12-29)16-18-7-5-17(13-22)6-8-18;/h5-8,15H,9-12,14,16H2,1-4H3,(H,23,24);1H. The largest absolute Gasteiger partial charge is 0.351 e. The van der Waals surface area contributed by atoms with Crippen molar-refractivity contribution in [3.05, 3.63) is 47.3 Å². The van der Waals surface area contributed by atoms with E-state index < -0.39 is 0 Å². The lowest BCUT2D eigenvalue weighted by molar-refractivity contribution is 0.172.